The summed E-state index contributed by atoms with van der Waals surface area (Å²) in [6, 6.07) is 4.98. The van der Waals surface area contributed by atoms with Gasteiger partial charge in [-0.2, -0.15) is 0 Å². The zero-order valence-corrected chi connectivity index (χ0v) is 12.5. The van der Waals surface area contributed by atoms with Gasteiger partial charge in [0.1, 0.15) is 18.5 Å². The number of hydrogen-bond acceptors (Lipinski definition) is 3. The Hall–Kier alpha value is -2.19. The van der Waals surface area contributed by atoms with Gasteiger partial charge in [0.25, 0.3) is 0 Å². The van der Waals surface area contributed by atoms with Crippen LogP contribution in [0.1, 0.15) is 24.0 Å². The lowest BCUT2D eigenvalue weighted by atomic mass is 9.88. The molecule has 0 atom stereocenters. The number of aryl methyl sites for hydroxylation is 1. The molecule has 0 aliphatic carbocycles. The summed E-state index contributed by atoms with van der Waals surface area (Å²) in [4.78, 5) is 25.3. The molecule has 0 N–H and O–H groups in total. The second-order valence-corrected chi connectivity index (χ2v) is 5.36. The second kappa shape index (κ2) is 6.71. The molecule has 0 bridgehead atoms. The third kappa shape index (κ3) is 2.88. The van der Waals surface area contributed by atoms with Gasteiger partial charge in [0.2, 0.25) is 0 Å². The highest BCUT2D eigenvalue weighted by molar-refractivity contribution is 6.09. The third-order valence-corrected chi connectivity index (χ3v) is 4.08. The Balaban J connectivity index is 2.53. The highest BCUT2D eigenvalue weighted by Crippen LogP contribution is 2.32. The Morgan fingerprint density at radius 3 is 2.73 bits per heavy atom. The summed E-state index contributed by atoms with van der Waals surface area (Å²) in [6.07, 6.45) is 6.75. The van der Waals surface area contributed by atoms with Crippen LogP contribution in [0.15, 0.2) is 18.2 Å². The van der Waals surface area contributed by atoms with Crippen LogP contribution in [0.3, 0.4) is 0 Å². The van der Waals surface area contributed by atoms with Gasteiger partial charge in [-0.25, -0.2) is 4.39 Å². The lowest BCUT2D eigenvalue weighted by molar-refractivity contribution is -0.122. The van der Waals surface area contributed by atoms with Gasteiger partial charge in [-0.3, -0.25) is 9.69 Å². The molecular formula is C17H18FNO3. The Morgan fingerprint density at radius 2 is 2.18 bits per heavy atom. The van der Waals surface area contributed by atoms with Gasteiger partial charge < -0.3 is 9.53 Å². The Labute approximate surface area is 129 Å². The lowest BCUT2D eigenvalue weighted by Gasteiger charge is -2.41. The largest absolute Gasteiger partial charge is 0.381 e. The number of terminal acetylenes is 1. The maximum absolute atomic E-state index is 13.1. The first-order valence-corrected chi connectivity index (χ1v) is 7.08. The fraction of sp³-hybridized carbons (Fsp3) is 0.412. The van der Waals surface area contributed by atoms with Crippen LogP contribution in [0.5, 0.6) is 0 Å². The first-order chi connectivity index (χ1) is 10.6. The molecule has 0 spiro atoms. The standard InChI is InChI=1S/C17H18FNO3/c1-3-16(21)19(17(12-20)6-8-22-9-7-17)15-5-4-13(2)14(10-15)11-18/h1,4-5,10,12H,6-9,11H2,2H3. The highest BCUT2D eigenvalue weighted by Gasteiger charge is 2.42. The van der Waals surface area contributed by atoms with Gasteiger partial charge in [0.15, 0.2) is 0 Å². The number of benzene rings is 1. The van der Waals surface area contributed by atoms with Crippen molar-refractivity contribution in [2.24, 2.45) is 0 Å². The molecule has 0 saturated carbocycles. The molecule has 2 rings (SSSR count). The topological polar surface area (TPSA) is 46.6 Å². The van der Waals surface area contributed by atoms with E-state index in [0.29, 0.717) is 37.3 Å². The van der Waals surface area contributed by atoms with Crippen LogP contribution in [0.2, 0.25) is 0 Å². The van der Waals surface area contributed by atoms with Crippen LogP contribution < -0.4 is 4.90 Å². The molecule has 0 aromatic heterocycles. The molecule has 1 saturated heterocycles. The van der Waals surface area contributed by atoms with Gasteiger partial charge >= 0.3 is 5.91 Å². The van der Waals surface area contributed by atoms with Crippen molar-refractivity contribution in [1.29, 1.82) is 0 Å². The Bertz CT molecular complexity index is 615. The average Bonchev–Trinajstić information content (AvgIpc) is 2.57. The second-order valence-electron chi connectivity index (χ2n) is 5.36. The molecule has 1 fully saturated rings. The minimum Gasteiger partial charge on any atom is -0.381 e. The monoisotopic (exact) mass is 303 g/mol. The SMILES string of the molecule is C#CC(=O)N(c1ccc(C)c(CF)c1)C1(C=O)CCOCC1. The van der Waals surface area contributed by atoms with E-state index in [1.54, 1.807) is 25.1 Å². The van der Waals surface area contributed by atoms with Crippen LogP contribution in [0.25, 0.3) is 0 Å². The van der Waals surface area contributed by atoms with Crippen molar-refractivity contribution < 1.29 is 18.7 Å². The maximum Gasteiger partial charge on any atom is 0.303 e. The van der Waals surface area contributed by atoms with Gasteiger partial charge in [-0.05, 0) is 36.1 Å². The Kier molecular flexibility index (Phi) is 4.94. The third-order valence-electron chi connectivity index (χ3n) is 4.08. The van der Waals surface area contributed by atoms with Crippen molar-refractivity contribution in [2.45, 2.75) is 32.0 Å². The first kappa shape index (κ1) is 16.2. The van der Waals surface area contributed by atoms with E-state index in [1.807, 2.05) is 0 Å². The number of alkyl halides is 1. The molecule has 22 heavy (non-hydrogen) atoms. The highest BCUT2D eigenvalue weighted by atomic mass is 19.1. The molecular weight excluding hydrogens is 285 g/mol. The predicted octanol–water partition coefficient (Wildman–Crippen LogP) is 2.18. The number of hydrogen-bond donors (Lipinski definition) is 0. The number of aldehydes is 1. The van der Waals surface area contributed by atoms with Crippen molar-refractivity contribution >= 4 is 17.9 Å². The first-order valence-electron chi connectivity index (χ1n) is 7.08. The van der Waals surface area contributed by atoms with Crippen LogP contribution in [-0.4, -0.2) is 30.9 Å². The summed E-state index contributed by atoms with van der Waals surface area (Å²) in [7, 11) is 0. The fourth-order valence-electron chi connectivity index (χ4n) is 2.70. The minimum absolute atomic E-state index is 0.364. The summed E-state index contributed by atoms with van der Waals surface area (Å²) in [5.74, 6) is 1.46. The van der Waals surface area contributed by atoms with Crippen molar-refractivity contribution in [1.82, 2.24) is 0 Å². The van der Waals surface area contributed by atoms with E-state index in [0.717, 1.165) is 11.8 Å². The molecule has 1 aliphatic heterocycles. The smallest absolute Gasteiger partial charge is 0.303 e. The van der Waals surface area contributed by atoms with Gasteiger partial charge in [0.05, 0.1) is 0 Å². The summed E-state index contributed by atoms with van der Waals surface area (Å²) in [6.45, 7) is 1.88. The Morgan fingerprint density at radius 1 is 1.50 bits per heavy atom. The van der Waals surface area contributed by atoms with Crippen molar-refractivity contribution in [3.63, 3.8) is 0 Å². The van der Waals surface area contributed by atoms with Crippen LogP contribution in [-0.2, 0) is 21.0 Å². The molecule has 1 aliphatic rings. The number of halogens is 1. The summed E-state index contributed by atoms with van der Waals surface area (Å²) in [5.41, 5.74) is 0.659. The number of amides is 1. The molecule has 1 heterocycles. The van der Waals surface area contributed by atoms with Crippen molar-refractivity contribution in [3.05, 3.63) is 29.3 Å². The van der Waals surface area contributed by atoms with E-state index in [2.05, 4.69) is 5.92 Å². The van der Waals surface area contributed by atoms with E-state index in [9.17, 15) is 14.0 Å². The zero-order chi connectivity index (χ0) is 16.2. The molecule has 1 aromatic carbocycles. The van der Waals surface area contributed by atoms with Crippen LogP contribution in [0, 0.1) is 19.3 Å². The molecule has 1 aromatic rings. The van der Waals surface area contributed by atoms with E-state index < -0.39 is 18.1 Å². The van der Waals surface area contributed by atoms with Gasteiger partial charge in [-0.1, -0.05) is 6.07 Å². The summed E-state index contributed by atoms with van der Waals surface area (Å²) >= 11 is 0. The number of nitrogens with zero attached hydrogens (tertiary/aromatic N) is 1. The molecule has 1 amide bonds. The number of anilines is 1. The number of carbonyl (C=O) groups is 2. The van der Waals surface area contributed by atoms with Gasteiger partial charge in [0, 0.05) is 31.7 Å². The number of carbonyl (C=O) groups excluding carboxylic acids is 2. The lowest BCUT2D eigenvalue weighted by Crippen LogP contribution is -2.56. The number of ether oxygens (including phenoxy) is 1. The normalized spacial score (nSPS) is 16.6. The van der Waals surface area contributed by atoms with Crippen molar-refractivity contribution in [3.8, 4) is 12.3 Å². The zero-order valence-electron chi connectivity index (χ0n) is 12.5. The van der Waals surface area contributed by atoms with E-state index in [-0.39, 0.29) is 0 Å². The predicted molar refractivity (Wildman–Crippen MR) is 81.2 cm³/mol. The van der Waals surface area contributed by atoms with E-state index in [1.165, 1.54) is 4.90 Å². The maximum atomic E-state index is 13.1. The molecule has 0 unspecified atom stereocenters. The number of rotatable bonds is 4. The molecule has 5 heteroatoms. The van der Waals surface area contributed by atoms with E-state index >= 15 is 0 Å². The average molecular weight is 303 g/mol. The molecule has 4 nitrogen and oxygen atoms in total. The van der Waals surface area contributed by atoms with Gasteiger partial charge in [-0.15, -0.1) is 6.42 Å². The minimum atomic E-state index is -1.04. The summed E-state index contributed by atoms with van der Waals surface area (Å²) < 4.78 is 18.4. The van der Waals surface area contributed by atoms with Crippen LogP contribution >= 0.6 is 0 Å². The van der Waals surface area contributed by atoms with Crippen LogP contribution in [0.4, 0.5) is 10.1 Å². The fourth-order valence-corrected chi connectivity index (χ4v) is 2.70. The summed E-state index contributed by atoms with van der Waals surface area (Å²) in [5, 5.41) is 0. The van der Waals surface area contributed by atoms with E-state index in [4.69, 9.17) is 11.2 Å². The quantitative estimate of drug-likeness (QED) is 0.633. The molecule has 116 valence electrons. The van der Waals surface area contributed by atoms with Crippen molar-refractivity contribution in [2.75, 3.05) is 18.1 Å². The molecule has 0 radical (unpaired) electrons.